The summed E-state index contributed by atoms with van der Waals surface area (Å²) in [5.74, 6) is -1.79. The van der Waals surface area contributed by atoms with Crippen molar-refractivity contribution in [2.24, 2.45) is 0 Å². The molecule has 1 fully saturated rings. The lowest BCUT2D eigenvalue weighted by molar-refractivity contribution is -0.137. The summed E-state index contributed by atoms with van der Waals surface area (Å²) in [6, 6.07) is 2.42. The topological polar surface area (TPSA) is 120 Å². The van der Waals surface area contributed by atoms with Crippen molar-refractivity contribution < 1.29 is 28.3 Å². The van der Waals surface area contributed by atoms with E-state index in [2.05, 4.69) is 20.9 Å². The number of anilines is 1. The van der Waals surface area contributed by atoms with Crippen LogP contribution in [0.2, 0.25) is 0 Å². The van der Waals surface area contributed by atoms with Crippen molar-refractivity contribution in [2.75, 3.05) is 38.5 Å². The number of hydrogen-bond donors (Lipinski definition) is 3. The summed E-state index contributed by atoms with van der Waals surface area (Å²) in [4.78, 5) is 53.3. The van der Waals surface area contributed by atoms with Crippen molar-refractivity contribution in [1.82, 2.24) is 20.4 Å². The van der Waals surface area contributed by atoms with Crippen LogP contribution >= 0.6 is 0 Å². The second kappa shape index (κ2) is 12.7. The molecule has 2 rings (SSSR count). The molecule has 1 aliphatic rings. The fourth-order valence-electron chi connectivity index (χ4n) is 3.56. The molecule has 3 N–H and O–H groups in total. The number of likely N-dealkylation sites (N-methyl/N-ethyl adjacent to an activating group) is 1. The van der Waals surface area contributed by atoms with E-state index in [9.17, 15) is 23.6 Å². The van der Waals surface area contributed by atoms with E-state index in [0.717, 1.165) is 13.1 Å². The lowest BCUT2D eigenvalue weighted by Crippen LogP contribution is -2.54. The highest BCUT2D eigenvalue weighted by Crippen LogP contribution is 2.18. The average molecular weight is 508 g/mol. The van der Waals surface area contributed by atoms with Gasteiger partial charge in [0.2, 0.25) is 17.7 Å². The molecule has 0 saturated carbocycles. The van der Waals surface area contributed by atoms with E-state index in [4.69, 9.17) is 4.74 Å². The first-order chi connectivity index (χ1) is 16.8. The summed E-state index contributed by atoms with van der Waals surface area (Å²) in [5.41, 5.74) is -0.294. The zero-order valence-electron chi connectivity index (χ0n) is 21.9. The molecular formula is C25H38FN5O5. The highest BCUT2D eigenvalue weighted by Gasteiger charge is 2.28. The summed E-state index contributed by atoms with van der Waals surface area (Å²) in [7, 11) is 1.98. The number of nitrogens with one attached hydrogen (secondary N) is 3. The van der Waals surface area contributed by atoms with Gasteiger partial charge in [0, 0.05) is 39.0 Å². The van der Waals surface area contributed by atoms with Gasteiger partial charge in [0.15, 0.2) is 0 Å². The first-order valence-corrected chi connectivity index (χ1v) is 12.1. The maximum Gasteiger partial charge on any atom is 0.408 e. The third-order valence-corrected chi connectivity index (χ3v) is 5.63. The van der Waals surface area contributed by atoms with E-state index in [1.165, 1.54) is 19.1 Å². The van der Waals surface area contributed by atoms with Crippen LogP contribution < -0.4 is 16.0 Å². The zero-order chi connectivity index (χ0) is 27.0. The molecule has 1 aromatic carbocycles. The Morgan fingerprint density at radius 3 is 2.28 bits per heavy atom. The van der Waals surface area contributed by atoms with E-state index in [0.29, 0.717) is 18.7 Å². The van der Waals surface area contributed by atoms with Crippen molar-refractivity contribution in [2.45, 2.75) is 65.1 Å². The number of ether oxygens (including phenoxy) is 1. The molecule has 0 aromatic heterocycles. The molecule has 10 nitrogen and oxygen atoms in total. The van der Waals surface area contributed by atoms with Gasteiger partial charge in [-0.3, -0.25) is 14.4 Å². The minimum absolute atomic E-state index is 0.0684. The maximum absolute atomic E-state index is 14.8. The van der Waals surface area contributed by atoms with Gasteiger partial charge in [-0.2, -0.15) is 0 Å². The Labute approximate surface area is 211 Å². The Bertz CT molecular complexity index is 957. The Kier molecular flexibility index (Phi) is 10.2. The summed E-state index contributed by atoms with van der Waals surface area (Å²) in [6.07, 6.45) is -0.425. The van der Waals surface area contributed by atoms with Gasteiger partial charge < -0.3 is 30.5 Å². The van der Waals surface area contributed by atoms with Crippen LogP contribution in [-0.4, -0.2) is 84.5 Å². The minimum atomic E-state index is -0.964. The van der Waals surface area contributed by atoms with Crippen molar-refractivity contribution in [3.8, 4) is 0 Å². The van der Waals surface area contributed by atoms with E-state index >= 15 is 0 Å². The van der Waals surface area contributed by atoms with Crippen LogP contribution in [0.1, 0.15) is 46.6 Å². The first kappa shape index (κ1) is 29.0. The van der Waals surface area contributed by atoms with Crippen LogP contribution in [0.25, 0.3) is 0 Å². The lowest BCUT2D eigenvalue weighted by atomic mass is 10.0. The fraction of sp³-hybridized carbons (Fsp3) is 0.600. The molecule has 0 radical (unpaired) electrons. The van der Waals surface area contributed by atoms with Gasteiger partial charge in [0.05, 0.1) is 5.69 Å². The van der Waals surface area contributed by atoms with E-state index in [1.807, 2.05) is 7.05 Å². The molecule has 1 aromatic rings. The van der Waals surface area contributed by atoms with Crippen molar-refractivity contribution in [3.63, 3.8) is 0 Å². The van der Waals surface area contributed by atoms with Crippen LogP contribution in [0.3, 0.4) is 0 Å². The van der Waals surface area contributed by atoms with E-state index < -0.39 is 35.5 Å². The Morgan fingerprint density at radius 2 is 1.72 bits per heavy atom. The van der Waals surface area contributed by atoms with Crippen LogP contribution in [0, 0.1) is 5.82 Å². The van der Waals surface area contributed by atoms with Gasteiger partial charge in [-0.1, -0.05) is 13.0 Å². The molecule has 2 atom stereocenters. The molecule has 11 heteroatoms. The Hall–Kier alpha value is -3.21. The average Bonchev–Trinajstić information content (AvgIpc) is 2.78. The first-order valence-electron chi connectivity index (χ1n) is 12.1. The molecule has 36 heavy (non-hydrogen) atoms. The maximum atomic E-state index is 14.8. The molecule has 200 valence electrons. The van der Waals surface area contributed by atoms with Gasteiger partial charge in [0.25, 0.3) is 0 Å². The van der Waals surface area contributed by atoms with Gasteiger partial charge in [-0.05, 0) is 52.4 Å². The van der Waals surface area contributed by atoms with Crippen molar-refractivity contribution in [3.05, 3.63) is 29.6 Å². The highest BCUT2D eigenvalue weighted by atomic mass is 19.1. The molecule has 0 unspecified atom stereocenters. The Morgan fingerprint density at radius 1 is 1.08 bits per heavy atom. The fourth-order valence-corrected chi connectivity index (χ4v) is 3.56. The van der Waals surface area contributed by atoms with Crippen molar-refractivity contribution in [1.29, 1.82) is 0 Å². The van der Waals surface area contributed by atoms with Gasteiger partial charge in [-0.25, -0.2) is 9.18 Å². The normalized spacial score (nSPS) is 16.0. The number of hydrogen-bond acceptors (Lipinski definition) is 6. The third kappa shape index (κ3) is 9.10. The monoisotopic (exact) mass is 507 g/mol. The van der Waals surface area contributed by atoms with E-state index in [1.54, 1.807) is 38.7 Å². The summed E-state index contributed by atoms with van der Waals surface area (Å²) < 4.78 is 19.9. The number of piperazine rings is 1. The number of carbonyl (C=O) groups is 4. The number of alkyl carbamates (subject to hydrolysis) is 1. The van der Waals surface area contributed by atoms with Gasteiger partial charge >= 0.3 is 6.09 Å². The number of carbonyl (C=O) groups excluding carboxylic acids is 4. The number of benzene rings is 1. The SMILES string of the molecule is CCC(=O)N[C@H](Cc1ccc(NC(=O)[C@H](C)NC(=O)OC(C)(C)C)c(F)c1)C(=O)N1CCN(C)CC1. The number of halogens is 1. The molecule has 1 aliphatic heterocycles. The molecule has 1 saturated heterocycles. The Balaban J connectivity index is 2.05. The van der Waals surface area contributed by atoms with Crippen LogP contribution in [0.15, 0.2) is 18.2 Å². The standard InChI is InChI=1S/C25H38FN5O5/c1-7-21(32)28-20(23(34)31-12-10-30(6)11-13-31)15-17-8-9-19(18(26)14-17)29-22(33)16(2)27-24(35)36-25(3,4)5/h8-9,14,16,20H,7,10-13,15H2,1-6H3,(H,27,35)(H,28,32)(H,29,33)/t16-,20+/m0/s1. The minimum Gasteiger partial charge on any atom is -0.444 e. The predicted octanol–water partition coefficient (Wildman–Crippen LogP) is 1.89. The highest BCUT2D eigenvalue weighted by molar-refractivity contribution is 5.96. The van der Waals surface area contributed by atoms with Crippen LogP contribution in [-0.2, 0) is 25.5 Å². The summed E-state index contributed by atoms with van der Waals surface area (Å²) in [5, 5.41) is 7.60. The number of amides is 4. The molecule has 0 aliphatic carbocycles. The van der Waals surface area contributed by atoms with Gasteiger partial charge in [-0.15, -0.1) is 0 Å². The molecule has 4 amide bonds. The summed E-state index contributed by atoms with van der Waals surface area (Å²) in [6.45, 7) is 10.8. The molecular weight excluding hydrogens is 469 g/mol. The largest absolute Gasteiger partial charge is 0.444 e. The van der Waals surface area contributed by atoms with E-state index in [-0.39, 0.29) is 30.3 Å². The number of rotatable bonds is 8. The summed E-state index contributed by atoms with van der Waals surface area (Å²) >= 11 is 0. The molecule has 1 heterocycles. The quantitative estimate of drug-likeness (QED) is 0.494. The van der Waals surface area contributed by atoms with Crippen LogP contribution in [0.5, 0.6) is 0 Å². The predicted molar refractivity (Wildman–Crippen MR) is 134 cm³/mol. The van der Waals surface area contributed by atoms with Gasteiger partial charge in [0.1, 0.15) is 23.5 Å². The van der Waals surface area contributed by atoms with Crippen molar-refractivity contribution >= 4 is 29.5 Å². The van der Waals surface area contributed by atoms with Crippen LogP contribution in [0.4, 0.5) is 14.9 Å². The zero-order valence-corrected chi connectivity index (χ0v) is 21.9. The molecule has 0 spiro atoms. The smallest absolute Gasteiger partial charge is 0.408 e. The third-order valence-electron chi connectivity index (χ3n) is 5.63. The molecule has 0 bridgehead atoms. The lowest BCUT2D eigenvalue weighted by Gasteiger charge is -2.34. The number of nitrogens with zero attached hydrogens (tertiary/aromatic N) is 2. The second-order valence-corrected chi connectivity index (χ2v) is 9.98. The second-order valence-electron chi connectivity index (χ2n) is 9.98.